The lowest BCUT2D eigenvalue weighted by Crippen LogP contribution is -2.21. The summed E-state index contributed by atoms with van der Waals surface area (Å²) in [6.45, 7) is -0.0443. The van der Waals surface area contributed by atoms with E-state index in [0.29, 0.717) is 5.39 Å². The maximum atomic E-state index is 12.9. The van der Waals surface area contributed by atoms with Gasteiger partial charge in [-0.25, -0.2) is 4.57 Å². The Morgan fingerprint density at radius 3 is 2.46 bits per heavy atom. The molecule has 0 aliphatic rings. The number of rotatable bonds is 5. The highest BCUT2D eigenvalue weighted by Crippen LogP contribution is 2.29. The fourth-order valence-electron chi connectivity index (χ4n) is 2.73. The van der Waals surface area contributed by atoms with Crippen molar-refractivity contribution < 1.29 is 15.1 Å². The van der Waals surface area contributed by atoms with Crippen LogP contribution in [0.1, 0.15) is 5.56 Å². The van der Waals surface area contributed by atoms with E-state index in [1.165, 1.54) is 24.4 Å². The molecule has 8 heteroatoms. The highest BCUT2D eigenvalue weighted by atomic mass is 16.6. The molecule has 0 spiro atoms. The molecular weight excluding hydrogens is 338 g/mol. The maximum Gasteiger partial charge on any atom is 0.293 e. The second-order valence-electron chi connectivity index (χ2n) is 5.43. The predicted octanol–water partition coefficient (Wildman–Crippen LogP) is 2.02. The van der Waals surface area contributed by atoms with E-state index in [4.69, 9.17) is 5.11 Å². The van der Waals surface area contributed by atoms with Gasteiger partial charge in [0.05, 0.1) is 23.6 Å². The molecule has 0 fully saturated rings. The van der Waals surface area contributed by atoms with E-state index in [0.717, 1.165) is 4.57 Å². The van der Waals surface area contributed by atoms with Crippen molar-refractivity contribution in [3.05, 3.63) is 74.6 Å². The molecule has 0 aliphatic heterocycles. The van der Waals surface area contributed by atoms with Crippen molar-refractivity contribution >= 4 is 22.7 Å². The van der Waals surface area contributed by atoms with Crippen LogP contribution >= 0.6 is 0 Å². The van der Waals surface area contributed by atoms with Crippen molar-refractivity contribution in [1.82, 2.24) is 4.57 Å². The van der Waals surface area contributed by atoms with E-state index in [2.05, 4.69) is 4.99 Å². The summed E-state index contributed by atoms with van der Waals surface area (Å²) in [5, 5.41) is 31.7. The Kier molecular flexibility index (Phi) is 4.76. The molecule has 26 heavy (non-hydrogen) atoms. The summed E-state index contributed by atoms with van der Waals surface area (Å²) in [6.07, 6.45) is 1.35. The number of aliphatic imine (C=N–C) groups is 1. The van der Waals surface area contributed by atoms with Crippen molar-refractivity contribution in [1.29, 1.82) is 0 Å². The van der Waals surface area contributed by atoms with E-state index < -0.39 is 16.4 Å². The molecule has 3 rings (SSSR count). The van der Waals surface area contributed by atoms with Gasteiger partial charge in [0.15, 0.2) is 0 Å². The van der Waals surface area contributed by atoms with Crippen molar-refractivity contribution in [2.45, 2.75) is 0 Å². The Hall–Kier alpha value is -3.52. The number of hydrogen-bond donors (Lipinski definition) is 2. The topological polar surface area (TPSA) is 118 Å². The van der Waals surface area contributed by atoms with Gasteiger partial charge >= 0.3 is 0 Å². The minimum Gasteiger partial charge on any atom is -0.494 e. The van der Waals surface area contributed by atoms with Crippen LogP contribution in [0.3, 0.4) is 0 Å². The first-order valence-electron chi connectivity index (χ1n) is 7.77. The number of aliphatic hydroxyl groups excluding tert-OH is 1. The van der Waals surface area contributed by atoms with Gasteiger partial charge in [-0.3, -0.25) is 19.9 Å². The summed E-state index contributed by atoms with van der Waals surface area (Å²) in [5.41, 5.74) is -0.681. The van der Waals surface area contributed by atoms with Crippen molar-refractivity contribution in [3.8, 4) is 11.6 Å². The first-order valence-corrected chi connectivity index (χ1v) is 7.77. The number of benzene rings is 2. The Labute approximate surface area is 147 Å². The van der Waals surface area contributed by atoms with Crippen LogP contribution in [0.2, 0.25) is 0 Å². The van der Waals surface area contributed by atoms with E-state index in [-0.39, 0.29) is 35.5 Å². The van der Waals surface area contributed by atoms with E-state index in [1.54, 1.807) is 30.3 Å². The lowest BCUT2D eigenvalue weighted by molar-refractivity contribution is -0.384. The summed E-state index contributed by atoms with van der Waals surface area (Å²) in [7, 11) is 0. The first kappa shape index (κ1) is 17.3. The molecule has 2 N–H and O–H groups in total. The average molecular weight is 353 g/mol. The summed E-state index contributed by atoms with van der Waals surface area (Å²) >= 11 is 0. The van der Waals surface area contributed by atoms with Gasteiger partial charge < -0.3 is 10.2 Å². The molecule has 0 unspecified atom stereocenters. The van der Waals surface area contributed by atoms with Crippen molar-refractivity contribution in [3.63, 3.8) is 0 Å². The number of aromatic nitrogens is 1. The molecule has 0 amide bonds. The third kappa shape index (κ3) is 2.93. The SMILES string of the molecule is O=c1c2ccccc2c(C=NCCO)c(O)n1-c1ccccc1[N+](=O)[O-]. The molecule has 0 atom stereocenters. The summed E-state index contributed by atoms with van der Waals surface area (Å²) in [4.78, 5) is 27.6. The highest BCUT2D eigenvalue weighted by Gasteiger charge is 2.22. The molecule has 0 saturated carbocycles. The van der Waals surface area contributed by atoms with E-state index in [9.17, 15) is 20.0 Å². The second kappa shape index (κ2) is 7.16. The third-order valence-corrected chi connectivity index (χ3v) is 3.87. The number of nitro benzene ring substituents is 1. The second-order valence-corrected chi connectivity index (χ2v) is 5.43. The fourth-order valence-corrected chi connectivity index (χ4v) is 2.73. The van der Waals surface area contributed by atoms with Crippen LogP contribution < -0.4 is 5.56 Å². The number of aromatic hydroxyl groups is 1. The number of para-hydroxylation sites is 2. The molecule has 1 aromatic heterocycles. The molecule has 8 nitrogen and oxygen atoms in total. The summed E-state index contributed by atoms with van der Waals surface area (Å²) in [5.74, 6) is -0.454. The van der Waals surface area contributed by atoms with Crippen LogP contribution in [0.25, 0.3) is 16.5 Å². The van der Waals surface area contributed by atoms with Gasteiger partial charge in [-0.15, -0.1) is 0 Å². The molecule has 2 aromatic carbocycles. The normalized spacial score (nSPS) is 11.3. The zero-order chi connectivity index (χ0) is 18.7. The Balaban J connectivity index is 2.41. The van der Waals surface area contributed by atoms with Crippen LogP contribution in [0.5, 0.6) is 5.88 Å². The van der Waals surface area contributed by atoms with Gasteiger partial charge in [-0.2, -0.15) is 0 Å². The summed E-state index contributed by atoms with van der Waals surface area (Å²) in [6, 6.07) is 12.3. The third-order valence-electron chi connectivity index (χ3n) is 3.87. The van der Waals surface area contributed by atoms with Gasteiger partial charge in [0.1, 0.15) is 5.69 Å². The van der Waals surface area contributed by atoms with Crippen LogP contribution in [-0.2, 0) is 0 Å². The van der Waals surface area contributed by atoms with Crippen LogP contribution in [0.4, 0.5) is 5.69 Å². The fraction of sp³-hybridized carbons (Fsp3) is 0.111. The molecule has 0 aliphatic carbocycles. The molecule has 132 valence electrons. The van der Waals surface area contributed by atoms with Gasteiger partial charge in [-0.1, -0.05) is 30.3 Å². The van der Waals surface area contributed by atoms with Crippen molar-refractivity contribution in [2.24, 2.45) is 4.99 Å². The number of hydrogen-bond acceptors (Lipinski definition) is 6. The Morgan fingerprint density at radius 1 is 1.12 bits per heavy atom. The minimum absolute atomic E-state index is 0.0393. The number of pyridine rings is 1. The van der Waals surface area contributed by atoms with Crippen molar-refractivity contribution in [2.75, 3.05) is 13.2 Å². The highest BCUT2D eigenvalue weighted by molar-refractivity contribution is 6.01. The largest absolute Gasteiger partial charge is 0.494 e. The minimum atomic E-state index is -0.615. The zero-order valence-electron chi connectivity index (χ0n) is 13.6. The lowest BCUT2D eigenvalue weighted by atomic mass is 10.1. The molecule has 0 radical (unpaired) electrons. The zero-order valence-corrected chi connectivity index (χ0v) is 13.6. The molecular formula is C18H15N3O5. The molecule has 0 saturated heterocycles. The average Bonchev–Trinajstić information content (AvgIpc) is 2.65. The summed E-state index contributed by atoms with van der Waals surface area (Å²) < 4.78 is 0.904. The van der Waals surface area contributed by atoms with Gasteiger partial charge in [0.25, 0.3) is 11.2 Å². The van der Waals surface area contributed by atoms with Crippen LogP contribution in [0.15, 0.2) is 58.3 Å². The van der Waals surface area contributed by atoms with Crippen LogP contribution in [0, 0.1) is 10.1 Å². The van der Waals surface area contributed by atoms with E-state index >= 15 is 0 Å². The first-order chi connectivity index (χ1) is 12.6. The number of nitrogens with zero attached hydrogens (tertiary/aromatic N) is 3. The Morgan fingerprint density at radius 2 is 1.77 bits per heavy atom. The number of nitro groups is 1. The lowest BCUT2D eigenvalue weighted by Gasteiger charge is -2.13. The standard InChI is InChI=1S/C18H15N3O5/c22-10-9-19-11-14-12-5-1-2-6-13(12)17(23)20(18(14)24)15-7-3-4-8-16(15)21(25)26/h1-8,11,22,24H,9-10H2. The monoisotopic (exact) mass is 353 g/mol. The molecule has 1 heterocycles. The van der Waals surface area contributed by atoms with Gasteiger partial charge in [-0.05, 0) is 12.1 Å². The predicted molar refractivity (Wildman–Crippen MR) is 97.4 cm³/mol. The molecule has 0 bridgehead atoms. The molecule has 3 aromatic rings. The van der Waals surface area contributed by atoms with Crippen LogP contribution in [-0.4, -0.2) is 39.1 Å². The number of aliphatic hydroxyl groups is 1. The van der Waals surface area contributed by atoms with Gasteiger partial charge in [0, 0.05) is 23.1 Å². The number of fused-ring (bicyclic) bond motifs is 1. The Bertz CT molecular complexity index is 1070. The smallest absolute Gasteiger partial charge is 0.293 e. The maximum absolute atomic E-state index is 12.9. The van der Waals surface area contributed by atoms with Gasteiger partial charge in [0.2, 0.25) is 5.88 Å². The quantitative estimate of drug-likeness (QED) is 0.413. The van der Waals surface area contributed by atoms with E-state index in [1.807, 2.05) is 0 Å².